The Bertz CT molecular complexity index is 531. The Morgan fingerprint density at radius 2 is 2.00 bits per heavy atom. The smallest absolute Gasteiger partial charge is 0.135 e. The molecule has 0 unspecified atom stereocenters. The third-order valence-electron chi connectivity index (χ3n) is 3.08. The molecule has 0 N–H and O–H groups in total. The monoisotopic (exact) mass is 273 g/mol. The molecular weight excluding hydrogens is 254 g/mol. The zero-order chi connectivity index (χ0) is 13.7. The molecule has 0 bridgehead atoms. The Labute approximate surface area is 118 Å². The van der Waals surface area contributed by atoms with Crippen LogP contribution in [0.1, 0.15) is 31.7 Å². The molecule has 1 aromatic carbocycles. The van der Waals surface area contributed by atoms with Crippen molar-refractivity contribution in [3.8, 4) is 11.3 Å². The lowest BCUT2D eigenvalue weighted by Gasteiger charge is -2.02. The molecule has 2 nitrogen and oxygen atoms in total. The molecule has 0 aliphatic rings. The quantitative estimate of drug-likeness (QED) is 0.782. The highest BCUT2D eigenvalue weighted by molar-refractivity contribution is 7.09. The van der Waals surface area contributed by atoms with Gasteiger partial charge in [0.15, 0.2) is 0 Å². The first-order chi connectivity index (χ1) is 9.16. The Kier molecular flexibility index (Phi) is 4.86. The average molecular weight is 273 g/mol. The van der Waals surface area contributed by atoms with E-state index in [9.17, 15) is 4.79 Å². The number of thiazole rings is 1. The topological polar surface area (TPSA) is 30.0 Å². The van der Waals surface area contributed by atoms with Crippen molar-refractivity contribution in [2.75, 3.05) is 0 Å². The molecule has 0 amide bonds. The summed E-state index contributed by atoms with van der Waals surface area (Å²) in [4.78, 5) is 16.2. The predicted octanol–water partition coefficient (Wildman–Crippen LogP) is 4.36. The molecular formula is C16H19NOS. The lowest BCUT2D eigenvalue weighted by molar-refractivity contribution is -0.121. The van der Waals surface area contributed by atoms with Crippen molar-refractivity contribution in [2.24, 2.45) is 5.92 Å². The van der Waals surface area contributed by atoms with Gasteiger partial charge in [0.1, 0.15) is 5.78 Å². The second-order valence-electron chi connectivity index (χ2n) is 4.97. The van der Waals surface area contributed by atoms with Gasteiger partial charge in [-0.3, -0.25) is 4.79 Å². The molecule has 2 rings (SSSR count). The van der Waals surface area contributed by atoms with Crippen LogP contribution in [0, 0.1) is 5.92 Å². The van der Waals surface area contributed by atoms with Crippen molar-refractivity contribution in [1.29, 1.82) is 0 Å². The van der Waals surface area contributed by atoms with Crippen LogP contribution >= 0.6 is 11.3 Å². The molecule has 19 heavy (non-hydrogen) atoms. The minimum Gasteiger partial charge on any atom is -0.299 e. The molecule has 0 atom stereocenters. The first-order valence-electron chi connectivity index (χ1n) is 6.69. The third kappa shape index (κ3) is 4.00. The standard InChI is InChI=1S/C16H19NOS/c1-12(2)15(18)9-6-10-16-17-14(11-19-16)13-7-4-3-5-8-13/h3-5,7-8,11-12H,6,9-10H2,1-2H3. The minimum absolute atomic E-state index is 0.149. The summed E-state index contributed by atoms with van der Waals surface area (Å²) in [5, 5.41) is 3.21. The van der Waals surface area contributed by atoms with Crippen LogP contribution in [0.3, 0.4) is 0 Å². The van der Waals surface area contributed by atoms with E-state index < -0.39 is 0 Å². The van der Waals surface area contributed by atoms with Gasteiger partial charge in [0.05, 0.1) is 10.7 Å². The van der Waals surface area contributed by atoms with Gasteiger partial charge in [0.25, 0.3) is 0 Å². The van der Waals surface area contributed by atoms with E-state index in [1.165, 1.54) is 0 Å². The maximum atomic E-state index is 11.5. The van der Waals surface area contributed by atoms with Gasteiger partial charge in [-0.05, 0) is 12.8 Å². The van der Waals surface area contributed by atoms with Gasteiger partial charge in [-0.1, -0.05) is 44.2 Å². The number of hydrogen-bond donors (Lipinski definition) is 0. The van der Waals surface area contributed by atoms with Crippen molar-refractivity contribution in [1.82, 2.24) is 4.98 Å². The molecule has 0 aliphatic heterocycles. The highest BCUT2D eigenvalue weighted by atomic mass is 32.1. The third-order valence-corrected chi connectivity index (χ3v) is 3.99. The summed E-state index contributed by atoms with van der Waals surface area (Å²) in [7, 11) is 0. The summed E-state index contributed by atoms with van der Waals surface area (Å²) in [6.07, 6.45) is 2.46. The number of aromatic nitrogens is 1. The number of aryl methyl sites for hydroxylation is 1. The van der Waals surface area contributed by atoms with Crippen LogP contribution in [-0.2, 0) is 11.2 Å². The predicted molar refractivity (Wildman–Crippen MR) is 80.3 cm³/mol. The summed E-state index contributed by atoms with van der Waals surface area (Å²) in [5.41, 5.74) is 2.19. The van der Waals surface area contributed by atoms with Crippen molar-refractivity contribution in [3.05, 3.63) is 40.7 Å². The molecule has 0 fully saturated rings. The van der Waals surface area contributed by atoms with Crippen LogP contribution in [-0.4, -0.2) is 10.8 Å². The van der Waals surface area contributed by atoms with Gasteiger partial charge in [-0.25, -0.2) is 4.98 Å². The van der Waals surface area contributed by atoms with E-state index in [1.54, 1.807) is 11.3 Å². The highest BCUT2D eigenvalue weighted by Crippen LogP contribution is 2.22. The molecule has 1 aromatic heterocycles. The van der Waals surface area contributed by atoms with E-state index in [1.807, 2.05) is 32.0 Å². The molecule has 2 aromatic rings. The first kappa shape index (κ1) is 13.9. The second kappa shape index (κ2) is 6.62. The van der Waals surface area contributed by atoms with Crippen molar-refractivity contribution in [2.45, 2.75) is 33.1 Å². The lowest BCUT2D eigenvalue weighted by atomic mass is 10.0. The fraction of sp³-hybridized carbons (Fsp3) is 0.375. The molecule has 0 aliphatic carbocycles. The van der Waals surface area contributed by atoms with Crippen LogP contribution in [0.4, 0.5) is 0 Å². The molecule has 0 spiro atoms. The zero-order valence-corrected chi connectivity index (χ0v) is 12.2. The van der Waals surface area contributed by atoms with E-state index >= 15 is 0 Å². The van der Waals surface area contributed by atoms with Crippen molar-refractivity contribution in [3.63, 3.8) is 0 Å². The summed E-state index contributed by atoms with van der Waals surface area (Å²) in [6.45, 7) is 3.92. The number of benzene rings is 1. The van der Waals surface area contributed by atoms with Gasteiger partial charge >= 0.3 is 0 Å². The van der Waals surface area contributed by atoms with Crippen LogP contribution in [0.2, 0.25) is 0 Å². The van der Waals surface area contributed by atoms with Crippen molar-refractivity contribution >= 4 is 17.1 Å². The van der Waals surface area contributed by atoms with E-state index in [0.29, 0.717) is 12.2 Å². The maximum absolute atomic E-state index is 11.5. The zero-order valence-electron chi connectivity index (χ0n) is 11.4. The largest absolute Gasteiger partial charge is 0.299 e. The molecule has 0 saturated heterocycles. The fourth-order valence-electron chi connectivity index (χ4n) is 1.87. The van der Waals surface area contributed by atoms with Crippen LogP contribution in [0.5, 0.6) is 0 Å². The summed E-state index contributed by atoms with van der Waals surface area (Å²) in [5.74, 6) is 0.496. The summed E-state index contributed by atoms with van der Waals surface area (Å²) < 4.78 is 0. The Morgan fingerprint density at radius 3 is 2.68 bits per heavy atom. The van der Waals surface area contributed by atoms with E-state index in [2.05, 4.69) is 22.5 Å². The van der Waals surface area contributed by atoms with Gasteiger partial charge in [0, 0.05) is 23.3 Å². The number of ketones is 1. The molecule has 0 radical (unpaired) electrons. The molecule has 0 saturated carbocycles. The van der Waals surface area contributed by atoms with Crippen LogP contribution in [0.15, 0.2) is 35.7 Å². The fourth-order valence-corrected chi connectivity index (χ4v) is 2.72. The SMILES string of the molecule is CC(C)C(=O)CCCc1nc(-c2ccccc2)cs1. The maximum Gasteiger partial charge on any atom is 0.135 e. The van der Waals surface area contributed by atoms with Crippen molar-refractivity contribution < 1.29 is 4.79 Å². The lowest BCUT2D eigenvalue weighted by Crippen LogP contribution is -2.06. The molecule has 1 heterocycles. The first-order valence-corrected chi connectivity index (χ1v) is 7.57. The minimum atomic E-state index is 0.149. The average Bonchev–Trinajstić information content (AvgIpc) is 2.88. The Morgan fingerprint density at radius 1 is 1.26 bits per heavy atom. The summed E-state index contributed by atoms with van der Waals surface area (Å²) >= 11 is 1.68. The number of rotatable bonds is 6. The number of nitrogens with zero attached hydrogens (tertiary/aromatic N) is 1. The second-order valence-corrected chi connectivity index (χ2v) is 5.91. The number of carbonyl (C=O) groups is 1. The van der Waals surface area contributed by atoms with E-state index in [-0.39, 0.29) is 5.92 Å². The molecule has 100 valence electrons. The van der Waals surface area contributed by atoms with E-state index in [4.69, 9.17) is 0 Å². The number of Topliss-reactive ketones (excluding diaryl/α,β-unsaturated/α-hetero) is 1. The van der Waals surface area contributed by atoms with Gasteiger partial charge in [-0.2, -0.15) is 0 Å². The molecule has 3 heteroatoms. The van der Waals surface area contributed by atoms with E-state index in [0.717, 1.165) is 29.1 Å². The van der Waals surface area contributed by atoms with Crippen LogP contribution < -0.4 is 0 Å². The van der Waals surface area contributed by atoms with Gasteiger partial charge in [0.2, 0.25) is 0 Å². The normalized spacial score (nSPS) is 10.9. The summed E-state index contributed by atoms with van der Waals surface area (Å²) in [6, 6.07) is 10.2. The Balaban J connectivity index is 1.90. The highest BCUT2D eigenvalue weighted by Gasteiger charge is 2.08. The number of hydrogen-bond acceptors (Lipinski definition) is 3. The van der Waals surface area contributed by atoms with Gasteiger partial charge in [-0.15, -0.1) is 11.3 Å². The van der Waals surface area contributed by atoms with Crippen LogP contribution in [0.25, 0.3) is 11.3 Å². The Hall–Kier alpha value is -1.48. The van der Waals surface area contributed by atoms with Gasteiger partial charge < -0.3 is 0 Å². The number of carbonyl (C=O) groups excluding carboxylic acids is 1.